The van der Waals surface area contributed by atoms with Crippen LogP contribution in [-0.2, 0) is 9.53 Å². The van der Waals surface area contributed by atoms with Crippen LogP contribution in [0.15, 0.2) is 47.8 Å². The van der Waals surface area contributed by atoms with Crippen molar-refractivity contribution in [3.8, 4) is 10.4 Å². The maximum atomic E-state index is 12.0. The lowest BCUT2D eigenvalue weighted by Gasteiger charge is -2.10. The monoisotopic (exact) mass is 373 g/mol. The molecular formula is C17H15N3O3S2. The summed E-state index contributed by atoms with van der Waals surface area (Å²) in [6, 6.07) is 12.1. The number of carbonyl (C=O) groups excluding carboxylic acids is 2. The zero-order valence-corrected chi connectivity index (χ0v) is 15.2. The predicted molar refractivity (Wildman–Crippen MR) is 98.7 cm³/mol. The average molecular weight is 373 g/mol. The van der Waals surface area contributed by atoms with Gasteiger partial charge in [-0.15, -0.1) is 11.3 Å². The standard InChI is InChI=1S/C17H15N3O3S2/c1-10(14(21)20-17(22)23-2)24-15-12-8-13(11-6-4-3-5-7-11)25-16(12)19-9-18-15/h3-10H,1-2H3,(H,20,21,22)/t10-/m0/s1. The minimum absolute atomic E-state index is 0.429. The molecule has 0 aliphatic rings. The molecule has 0 aliphatic carbocycles. The number of carbonyl (C=O) groups is 2. The molecule has 0 aliphatic heterocycles. The number of thiophene rings is 1. The third-order valence-electron chi connectivity index (χ3n) is 3.42. The van der Waals surface area contributed by atoms with Gasteiger partial charge in [0.05, 0.1) is 12.4 Å². The summed E-state index contributed by atoms with van der Waals surface area (Å²) in [4.78, 5) is 33.7. The molecule has 1 atom stereocenters. The van der Waals surface area contributed by atoms with Gasteiger partial charge in [0.1, 0.15) is 16.2 Å². The molecule has 6 nitrogen and oxygen atoms in total. The van der Waals surface area contributed by atoms with Crippen molar-refractivity contribution in [2.75, 3.05) is 7.11 Å². The van der Waals surface area contributed by atoms with Crippen LogP contribution in [-0.4, -0.2) is 34.3 Å². The zero-order chi connectivity index (χ0) is 17.8. The quantitative estimate of drug-likeness (QED) is 0.554. The Hall–Kier alpha value is -2.45. The van der Waals surface area contributed by atoms with Gasteiger partial charge in [-0.1, -0.05) is 42.1 Å². The van der Waals surface area contributed by atoms with E-state index in [0.717, 1.165) is 20.7 Å². The first-order chi connectivity index (χ1) is 12.1. The van der Waals surface area contributed by atoms with Gasteiger partial charge < -0.3 is 4.74 Å². The molecule has 2 aromatic heterocycles. The minimum atomic E-state index is -0.771. The fraction of sp³-hybridized carbons (Fsp3) is 0.176. The predicted octanol–water partition coefficient (Wildman–Crippen LogP) is 3.72. The van der Waals surface area contributed by atoms with Crippen molar-refractivity contribution in [2.45, 2.75) is 17.2 Å². The van der Waals surface area contributed by atoms with Gasteiger partial charge >= 0.3 is 6.09 Å². The fourth-order valence-corrected chi connectivity index (χ4v) is 4.11. The van der Waals surface area contributed by atoms with Crippen LogP contribution < -0.4 is 5.32 Å². The summed E-state index contributed by atoms with van der Waals surface area (Å²) in [5.41, 5.74) is 1.11. The second kappa shape index (κ2) is 7.62. The smallest absolute Gasteiger partial charge is 0.413 e. The van der Waals surface area contributed by atoms with Crippen LogP contribution in [0.5, 0.6) is 0 Å². The number of nitrogens with zero attached hydrogens (tertiary/aromatic N) is 2. The van der Waals surface area contributed by atoms with E-state index in [1.54, 1.807) is 18.3 Å². The number of ether oxygens (including phenoxy) is 1. The number of rotatable bonds is 4. The number of methoxy groups -OCH3 is 1. The maximum Gasteiger partial charge on any atom is 0.413 e. The van der Waals surface area contributed by atoms with Gasteiger partial charge in [-0.25, -0.2) is 14.8 Å². The highest BCUT2D eigenvalue weighted by Crippen LogP contribution is 2.37. The van der Waals surface area contributed by atoms with Crippen molar-refractivity contribution in [1.29, 1.82) is 0 Å². The number of hydrogen-bond donors (Lipinski definition) is 1. The van der Waals surface area contributed by atoms with Gasteiger partial charge in [-0.2, -0.15) is 0 Å². The molecule has 2 amide bonds. The van der Waals surface area contributed by atoms with Crippen molar-refractivity contribution in [2.24, 2.45) is 0 Å². The van der Waals surface area contributed by atoms with E-state index in [0.29, 0.717) is 5.03 Å². The maximum absolute atomic E-state index is 12.0. The van der Waals surface area contributed by atoms with Crippen LogP contribution in [0.2, 0.25) is 0 Å². The summed E-state index contributed by atoms with van der Waals surface area (Å²) in [5, 5.41) is 3.27. The largest absolute Gasteiger partial charge is 0.453 e. The van der Waals surface area contributed by atoms with Gasteiger partial charge in [0.25, 0.3) is 0 Å². The molecule has 2 heterocycles. The SMILES string of the molecule is COC(=O)NC(=O)[C@H](C)Sc1ncnc2sc(-c3ccccc3)cc12. The number of imide groups is 1. The Morgan fingerprint density at radius 1 is 1.24 bits per heavy atom. The topological polar surface area (TPSA) is 81.2 Å². The normalized spacial score (nSPS) is 11.9. The highest BCUT2D eigenvalue weighted by Gasteiger charge is 2.20. The van der Waals surface area contributed by atoms with Crippen molar-refractivity contribution >= 4 is 45.3 Å². The van der Waals surface area contributed by atoms with E-state index in [-0.39, 0.29) is 0 Å². The third kappa shape index (κ3) is 3.97. The first-order valence-electron chi connectivity index (χ1n) is 7.44. The van der Waals surface area contributed by atoms with Crippen LogP contribution in [0.3, 0.4) is 0 Å². The van der Waals surface area contributed by atoms with E-state index < -0.39 is 17.3 Å². The second-order valence-corrected chi connectivity index (χ2v) is 7.48. The minimum Gasteiger partial charge on any atom is -0.453 e. The molecule has 0 unspecified atom stereocenters. The number of aromatic nitrogens is 2. The number of benzene rings is 1. The van der Waals surface area contributed by atoms with Crippen LogP contribution >= 0.6 is 23.1 Å². The van der Waals surface area contributed by atoms with Crippen LogP contribution in [0.1, 0.15) is 6.92 Å². The molecule has 25 heavy (non-hydrogen) atoms. The van der Waals surface area contributed by atoms with Gasteiger partial charge in [0, 0.05) is 10.3 Å². The van der Waals surface area contributed by atoms with E-state index >= 15 is 0 Å². The third-order valence-corrected chi connectivity index (χ3v) is 5.63. The van der Waals surface area contributed by atoms with E-state index in [1.165, 1.54) is 25.2 Å². The van der Waals surface area contributed by atoms with Gasteiger partial charge in [-0.3, -0.25) is 10.1 Å². The molecule has 3 rings (SSSR count). The molecule has 0 saturated carbocycles. The lowest BCUT2D eigenvalue weighted by molar-refractivity contribution is -0.119. The van der Waals surface area contributed by atoms with E-state index in [9.17, 15) is 9.59 Å². The average Bonchev–Trinajstić information content (AvgIpc) is 3.07. The Morgan fingerprint density at radius 3 is 2.72 bits per heavy atom. The Morgan fingerprint density at radius 2 is 2.00 bits per heavy atom. The van der Waals surface area contributed by atoms with Crippen LogP contribution in [0.25, 0.3) is 20.7 Å². The summed E-state index contributed by atoms with van der Waals surface area (Å²) < 4.78 is 4.44. The van der Waals surface area contributed by atoms with E-state index in [4.69, 9.17) is 0 Å². The highest BCUT2D eigenvalue weighted by molar-refractivity contribution is 8.00. The zero-order valence-electron chi connectivity index (χ0n) is 13.6. The molecule has 1 N–H and O–H groups in total. The van der Waals surface area contributed by atoms with Crippen LogP contribution in [0, 0.1) is 0 Å². The Bertz CT molecular complexity index is 912. The number of nitrogens with one attached hydrogen (secondary N) is 1. The number of fused-ring (bicyclic) bond motifs is 1. The fourth-order valence-electron chi connectivity index (χ4n) is 2.15. The molecule has 0 saturated heterocycles. The van der Waals surface area contributed by atoms with Crippen LogP contribution in [0.4, 0.5) is 4.79 Å². The van der Waals surface area contributed by atoms with Crippen molar-refractivity contribution in [3.63, 3.8) is 0 Å². The Balaban J connectivity index is 1.86. The molecule has 0 radical (unpaired) electrons. The summed E-state index contributed by atoms with van der Waals surface area (Å²) >= 11 is 2.85. The van der Waals surface area contributed by atoms with E-state index in [2.05, 4.69) is 20.0 Å². The van der Waals surface area contributed by atoms with Gasteiger partial charge in [0.15, 0.2) is 0 Å². The summed E-state index contributed by atoms with van der Waals surface area (Å²) in [6.45, 7) is 1.71. The van der Waals surface area contributed by atoms with Crippen molar-refractivity contribution in [3.05, 3.63) is 42.7 Å². The Kier molecular flexibility index (Phi) is 5.30. The molecule has 1 aromatic carbocycles. The summed E-state index contributed by atoms with van der Waals surface area (Å²) in [5.74, 6) is -0.429. The molecule has 128 valence electrons. The number of amides is 2. The molecular weight excluding hydrogens is 358 g/mol. The number of thioether (sulfide) groups is 1. The first-order valence-corrected chi connectivity index (χ1v) is 9.13. The lowest BCUT2D eigenvalue weighted by Crippen LogP contribution is -2.35. The summed E-state index contributed by atoms with van der Waals surface area (Å²) in [6.07, 6.45) is 0.716. The van der Waals surface area contributed by atoms with Gasteiger partial charge in [0.2, 0.25) is 5.91 Å². The van der Waals surface area contributed by atoms with Crippen molar-refractivity contribution < 1.29 is 14.3 Å². The van der Waals surface area contributed by atoms with Gasteiger partial charge in [-0.05, 0) is 18.6 Å². The highest BCUT2D eigenvalue weighted by atomic mass is 32.2. The second-order valence-electron chi connectivity index (χ2n) is 5.12. The van der Waals surface area contributed by atoms with E-state index in [1.807, 2.05) is 36.4 Å². The Labute approximate surface area is 152 Å². The number of hydrogen-bond acceptors (Lipinski definition) is 7. The number of alkyl carbamates (subject to hydrolysis) is 1. The first kappa shape index (κ1) is 17.4. The molecule has 0 bridgehead atoms. The molecule has 8 heteroatoms. The van der Waals surface area contributed by atoms with Crippen molar-refractivity contribution in [1.82, 2.24) is 15.3 Å². The molecule has 3 aromatic rings. The molecule has 0 fully saturated rings. The molecule has 0 spiro atoms. The summed E-state index contributed by atoms with van der Waals surface area (Å²) in [7, 11) is 1.21. The lowest BCUT2D eigenvalue weighted by atomic mass is 10.2.